The summed E-state index contributed by atoms with van der Waals surface area (Å²) in [6, 6.07) is 4.12. The maximum atomic E-state index is 12.2. The molecule has 0 radical (unpaired) electrons. The third kappa shape index (κ3) is 4.71. The van der Waals surface area contributed by atoms with Crippen molar-refractivity contribution in [1.82, 2.24) is 0 Å². The summed E-state index contributed by atoms with van der Waals surface area (Å²) >= 11 is 5.73. The largest absolute Gasteiger partial charge is 0.403 e. The topological polar surface area (TPSA) is 46.2 Å². The fraction of sp³-hybridized carbons (Fsp3) is 0.400. The Morgan fingerprint density at radius 1 is 1.29 bits per heavy atom. The highest BCUT2D eigenvalue weighted by Gasteiger charge is 2.38. The van der Waals surface area contributed by atoms with Crippen LogP contribution < -0.4 is 5.73 Å². The molecule has 0 saturated heterocycles. The van der Waals surface area contributed by atoms with E-state index >= 15 is 0 Å². The first-order chi connectivity index (χ1) is 7.32. The van der Waals surface area contributed by atoms with Crippen molar-refractivity contribution in [2.24, 2.45) is 5.73 Å². The summed E-state index contributed by atoms with van der Waals surface area (Å²) in [6.45, 7) is 0. The number of halogens is 5. The van der Waals surface area contributed by atoms with E-state index in [1.54, 1.807) is 12.1 Å². The van der Waals surface area contributed by atoms with Crippen LogP contribution in [0.25, 0.3) is 0 Å². The van der Waals surface area contributed by atoms with E-state index in [9.17, 15) is 18.3 Å². The summed E-state index contributed by atoms with van der Waals surface area (Å²) in [4.78, 5) is 0. The van der Waals surface area contributed by atoms with Gasteiger partial charge >= 0.3 is 6.18 Å². The van der Waals surface area contributed by atoms with Crippen LogP contribution >= 0.6 is 24.0 Å². The zero-order valence-corrected chi connectivity index (χ0v) is 10.2. The first-order valence-electron chi connectivity index (χ1n) is 4.57. The zero-order chi connectivity index (χ0) is 12.3. The molecule has 3 N–H and O–H groups in total. The highest BCUT2D eigenvalue weighted by atomic mass is 35.5. The van der Waals surface area contributed by atoms with Crippen molar-refractivity contribution in [3.63, 3.8) is 0 Å². The molecule has 0 amide bonds. The average Bonchev–Trinajstić information content (AvgIpc) is 2.16. The van der Waals surface area contributed by atoms with Crippen LogP contribution in [-0.4, -0.2) is 17.3 Å². The van der Waals surface area contributed by atoms with Crippen LogP contribution in [0.4, 0.5) is 13.2 Å². The van der Waals surface area contributed by atoms with Gasteiger partial charge in [0.25, 0.3) is 0 Å². The quantitative estimate of drug-likeness (QED) is 0.898. The van der Waals surface area contributed by atoms with Gasteiger partial charge in [-0.15, -0.1) is 12.4 Å². The minimum absolute atomic E-state index is 0. The van der Waals surface area contributed by atoms with E-state index in [1.165, 1.54) is 12.1 Å². The zero-order valence-electron chi connectivity index (χ0n) is 8.62. The number of nitrogens with two attached hydrogens (primary N) is 1. The molecule has 17 heavy (non-hydrogen) atoms. The second-order valence-electron chi connectivity index (χ2n) is 3.42. The molecule has 0 bridgehead atoms. The van der Waals surface area contributed by atoms with Crippen molar-refractivity contribution in [3.8, 4) is 0 Å². The second kappa shape index (κ2) is 6.44. The van der Waals surface area contributed by atoms with E-state index in [-0.39, 0.29) is 23.0 Å². The van der Waals surface area contributed by atoms with Gasteiger partial charge in [0.15, 0.2) is 0 Å². The normalized spacial score (nSPS) is 14.9. The monoisotopic (exact) mass is 289 g/mol. The molecule has 2 atom stereocenters. The van der Waals surface area contributed by atoms with Gasteiger partial charge < -0.3 is 10.8 Å². The Kier molecular flexibility index (Phi) is 6.26. The lowest BCUT2D eigenvalue weighted by molar-refractivity contribution is -0.153. The van der Waals surface area contributed by atoms with Crippen LogP contribution in [0.3, 0.4) is 0 Å². The first kappa shape index (κ1) is 16.5. The Balaban J connectivity index is 0.00000256. The summed E-state index contributed by atoms with van der Waals surface area (Å²) in [5.74, 6) is 0. The molecule has 1 aromatic carbocycles. The summed E-state index contributed by atoms with van der Waals surface area (Å²) in [7, 11) is 0. The summed E-state index contributed by atoms with van der Waals surface area (Å²) in [6.07, 6.45) is -6.43. The standard InChI is InChI=1S/C10H11ClF3NO.ClH/c11-7-4-2-1-3-6(7)8(16)5-9(15)10(12,13)14;/h1-4,8-9,16H,5,15H2;1H/t8-,9-;/m1./s1. The minimum atomic E-state index is -4.51. The summed E-state index contributed by atoms with van der Waals surface area (Å²) in [5, 5.41) is 9.80. The number of aliphatic hydroxyl groups excluding tert-OH is 1. The Labute approximate surface area is 108 Å². The SMILES string of the molecule is Cl.N[C@H](C[C@@H](O)c1ccccc1Cl)C(F)(F)F. The lowest BCUT2D eigenvalue weighted by atomic mass is 10.0. The van der Waals surface area contributed by atoms with Crippen molar-refractivity contribution in [2.75, 3.05) is 0 Å². The highest BCUT2D eigenvalue weighted by Crippen LogP contribution is 2.29. The smallest absolute Gasteiger partial charge is 0.388 e. The Hall–Kier alpha value is -0.490. The molecule has 0 unspecified atom stereocenters. The molecule has 98 valence electrons. The number of rotatable bonds is 3. The van der Waals surface area contributed by atoms with Crippen molar-refractivity contribution in [1.29, 1.82) is 0 Å². The van der Waals surface area contributed by atoms with E-state index < -0.39 is 24.7 Å². The van der Waals surface area contributed by atoms with Crippen LogP contribution in [0.1, 0.15) is 18.1 Å². The van der Waals surface area contributed by atoms with E-state index in [4.69, 9.17) is 17.3 Å². The Morgan fingerprint density at radius 3 is 2.29 bits per heavy atom. The van der Waals surface area contributed by atoms with Gasteiger partial charge in [0.05, 0.1) is 6.10 Å². The maximum Gasteiger partial charge on any atom is 0.403 e. The lowest BCUT2D eigenvalue weighted by Crippen LogP contribution is -2.38. The molecule has 7 heteroatoms. The molecule has 0 fully saturated rings. The number of alkyl halides is 3. The second-order valence-corrected chi connectivity index (χ2v) is 3.83. The molecule has 1 rings (SSSR count). The van der Waals surface area contributed by atoms with Gasteiger partial charge in [-0.05, 0) is 11.6 Å². The van der Waals surface area contributed by atoms with E-state index in [0.29, 0.717) is 0 Å². The predicted molar refractivity (Wildman–Crippen MR) is 62.3 cm³/mol. The number of benzene rings is 1. The van der Waals surface area contributed by atoms with Gasteiger partial charge in [-0.25, -0.2) is 0 Å². The third-order valence-electron chi connectivity index (χ3n) is 2.16. The molecular formula is C10H12Cl2F3NO. The minimum Gasteiger partial charge on any atom is -0.388 e. The van der Waals surface area contributed by atoms with E-state index in [2.05, 4.69) is 0 Å². The molecular weight excluding hydrogens is 278 g/mol. The third-order valence-corrected chi connectivity index (χ3v) is 2.51. The Morgan fingerprint density at radius 2 is 1.82 bits per heavy atom. The van der Waals surface area contributed by atoms with Crippen molar-refractivity contribution < 1.29 is 18.3 Å². The van der Waals surface area contributed by atoms with Gasteiger partial charge in [0.2, 0.25) is 0 Å². The van der Waals surface area contributed by atoms with E-state index in [0.717, 1.165) is 0 Å². The molecule has 1 aromatic rings. The van der Waals surface area contributed by atoms with Crippen LogP contribution in [0, 0.1) is 0 Å². The van der Waals surface area contributed by atoms with Crippen molar-refractivity contribution in [3.05, 3.63) is 34.9 Å². The van der Waals surface area contributed by atoms with Crippen molar-refractivity contribution in [2.45, 2.75) is 24.7 Å². The summed E-state index contributed by atoms with van der Waals surface area (Å²) < 4.78 is 36.5. The lowest BCUT2D eigenvalue weighted by Gasteiger charge is -2.19. The van der Waals surface area contributed by atoms with Crippen LogP contribution in [-0.2, 0) is 0 Å². The molecule has 0 aromatic heterocycles. The highest BCUT2D eigenvalue weighted by molar-refractivity contribution is 6.31. The molecule has 0 saturated carbocycles. The van der Waals surface area contributed by atoms with Crippen LogP contribution in [0.2, 0.25) is 5.02 Å². The van der Waals surface area contributed by atoms with Gasteiger partial charge in [-0.3, -0.25) is 0 Å². The van der Waals surface area contributed by atoms with Gasteiger partial charge in [-0.1, -0.05) is 29.8 Å². The predicted octanol–water partition coefficient (Wildman–Crippen LogP) is 3.07. The number of aliphatic hydroxyl groups is 1. The van der Waals surface area contributed by atoms with E-state index in [1.807, 2.05) is 0 Å². The van der Waals surface area contributed by atoms with Crippen molar-refractivity contribution >= 4 is 24.0 Å². The van der Waals surface area contributed by atoms with Gasteiger partial charge in [0, 0.05) is 11.4 Å². The van der Waals surface area contributed by atoms with Gasteiger partial charge in [0.1, 0.15) is 6.04 Å². The average molecular weight is 290 g/mol. The number of hydrogen-bond donors (Lipinski definition) is 2. The van der Waals surface area contributed by atoms with Crippen LogP contribution in [0.15, 0.2) is 24.3 Å². The molecule has 0 aliphatic carbocycles. The molecule has 0 spiro atoms. The number of hydrogen-bond acceptors (Lipinski definition) is 2. The molecule has 2 nitrogen and oxygen atoms in total. The molecule has 0 aliphatic rings. The maximum absolute atomic E-state index is 12.2. The van der Waals surface area contributed by atoms with Gasteiger partial charge in [-0.2, -0.15) is 13.2 Å². The summed E-state index contributed by atoms with van der Waals surface area (Å²) in [5.41, 5.74) is 5.16. The fourth-order valence-corrected chi connectivity index (χ4v) is 1.51. The van der Waals surface area contributed by atoms with Crippen LogP contribution in [0.5, 0.6) is 0 Å². The Bertz CT molecular complexity index is 360. The molecule has 0 heterocycles. The molecule has 0 aliphatic heterocycles. The first-order valence-corrected chi connectivity index (χ1v) is 4.95. The fourth-order valence-electron chi connectivity index (χ4n) is 1.25.